The van der Waals surface area contributed by atoms with Crippen molar-refractivity contribution in [2.75, 3.05) is 11.4 Å². The van der Waals surface area contributed by atoms with Crippen LogP contribution in [0.4, 0.5) is 5.69 Å². The Labute approximate surface area is 138 Å². The van der Waals surface area contributed by atoms with Crippen molar-refractivity contribution >= 4 is 15.7 Å². The first-order valence-electron chi connectivity index (χ1n) is 7.53. The van der Waals surface area contributed by atoms with Crippen LogP contribution < -0.4 is 9.04 Å². The molecular weight excluding hydrogens is 310 g/mol. The topological polar surface area (TPSA) is 46.6 Å². The lowest BCUT2D eigenvalue weighted by Crippen LogP contribution is -2.37. The number of rotatable bonds is 5. The molecule has 0 aromatic heterocycles. The molecule has 2 aromatic carbocycles. The number of sulfonamides is 1. The fraction of sp³-hybridized carbons (Fsp3) is 0.333. The number of hydrogen-bond acceptors (Lipinski definition) is 3. The molecule has 2 rings (SSSR count). The summed E-state index contributed by atoms with van der Waals surface area (Å²) in [5.74, 6) is 0.692. The quantitative estimate of drug-likeness (QED) is 0.833. The number of ether oxygens (including phenoxy) is 1. The average Bonchev–Trinajstić information content (AvgIpc) is 2.49. The predicted molar refractivity (Wildman–Crippen MR) is 93.7 cm³/mol. The summed E-state index contributed by atoms with van der Waals surface area (Å²) in [5.41, 5.74) is 2.14. The maximum atomic E-state index is 13.2. The summed E-state index contributed by atoms with van der Waals surface area (Å²) >= 11 is 0. The van der Waals surface area contributed by atoms with Gasteiger partial charge in [-0.2, -0.15) is 0 Å². The Morgan fingerprint density at radius 3 is 2.13 bits per heavy atom. The van der Waals surface area contributed by atoms with Gasteiger partial charge in [-0.3, -0.25) is 4.31 Å². The second kappa shape index (κ2) is 6.62. The molecule has 0 aliphatic heterocycles. The third-order valence-corrected chi connectivity index (χ3v) is 5.85. The molecule has 0 atom stereocenters. The molecular formula is C18H23NO3S. The number of anilines is 1. The molecule has 0 unspecified atom stereocenters. The van der Waals surface area contributed by atoms with E-state index >= 15 is 0 Å². The van der Waals surface area contributed by atoms with Crippen LogP contribution in [0.25, 0.3) is 0 Å². The van der Waals surface area contributed by atoms with Crippen molar-refractivity contribution in [3.05, 3.63) is 53.6 Å². The molecule has 0 saturated carbocycles. The number of para-hydroxylation sites is 1. The van der Waals surface area contributed by atoms with E-state index in [0.29, 0.717) is 21.9 Å². The van der Waals surface area contributed by atoms with E-state index in [1.54, 1.807) is 26.2 Å². The number of methoxy groups -OCH3 is 1. The highest BCUT2D eigenvalue weighted by atomic mass is 32.2. The van der Waals surface area contributed by atoms with Crippen molar-refractivity contribution in [1.29, 1.82) is 0 Å². The minimum Gasteiger partial charge on any atom is -0.496 e. The van der Waals surface area contributed by atoms with Crippen LogP contribution in [0.3, 0.4) is 0 Å². The van der Waals surface area contributed by atoms with Crippen molar-refractivity contribution < 1.29 is 13.2 Å². The minimum atomic E-state index is -3.65. The highest BCUT2D eigenvalue weighted by Gasteiger charge is 2.29. The Morgan fingerprint density at radius 1 is 1.00 bits per heavy atom. The van der Waals surface area contributed by atoms with Crippen LogP contribution in [0.5, 0.6) is 5.75 Å². The molecule has 0 amide bonds. The molecule has 5 heteroatoms. The smallest absolute Gasteiger partial charge is 0.264 e. The van der Waals surface area contributed by atoms with E-state index in [2.05, 4.69) is 0 Å². The third kappa shape index (κ3) is 3.34. The van der Waals surface area contributed by atoms with Crippen LogP contribution in [0, 0.1) is 13.8 Å². The van der Waals surface area contributed by atoms with Crippen molar-refractivity contribution in [2.24, 2.45) is 0 Å². The van der Waals surface area contributed by atoms with E-state index in [4.69, 9.17) is 4.74 Å². The number of nitrogens with zero attached hydrogens (tertiary/aromatic N) is 1. The third-order valence-electron chi connectivity index (χ3n) is 3.71. The van der Waals surface area contributed by atoms with Crippen LogP contribution >= 0.6 is 0 Å². The first-order chi connectivity index (χ1) is 10.8. The van der Waals surface area contributed by atoms with E-state index in [1.165, 1.54) is 4.31 Å². The first kappa shape index (κ1) is 17.3. The zero-order valence-corrected chi connectivity index (χ0v) is 15.0. The fourth-order valence-corrected chi connectivity index (χ4v) is 4.61. The summed E-state index contributed by atoms with van der Waals surface area (Å²) in [4.78, 5) is 0.313. The maximum absolute atomic E-state index is 13.2. The van der Waals surface area contributed by atoms with Crippen LogP contribution in [0.2, 0.25) is 0 Å². The first-order valence-corrected chi connectivity index (χ1v) is 8.97. The van der Waals surface area contributed by atoms with Gasteiger partial charge in [0.2, 0.25) is 0 Å². The number of aryl methyl sites for hydroxylation is 2. The van der Waals surface area contributed by atoms with Gasteiger partial charge in [0.1, 0.15) is 5.75 Å². The Bertz CT molecular complexity index is 783. The highest BCUT2D eigenvalue weighted by Crippen LogP contribution is 2.31. The van der Waals surface area contributed by atoms with E-state index in [9.17, 15) is 8.42 Å². The van der Waals surface area contributed by atoms with Crippen LogP contribution in [-0.4, -0.2) is 21.6 Å². The predicted octanol–water partition coefficient (Wildman–Crippen LogP) is 3.92. The molecule has 0 fully saturated rings. The molecule has 124 valence electrons. The highest BCUT2D eigenvalue weighted by molar-refractivity contribution is 7.93. The zero-order valence-electron chi connectivity index (χ0n) is 14.2. The van der Waals surface area contributed by atoms with Gasteiger partial charge in [-0.1, -0.05) is 18.2 Å². The average molecular weight is 333 g/mol. The molecule has 4 nitrogen and oxygen atoms in total. The monoisotopic (exact) mass is 333 g/mol. The van der Waals surface area contributed by atoms with Crippen LogP contribution in [0.1, 0.15) is 25.0 Å². The molecule has 23 heavy (non-hydrogen) atoms. The molecule has 0 spiro atoms. The van der Waals surface area contributed by atoms with Crippen LogP contribution in [-0.2, 0) is 10.0 Å². The van der Waals surface area contributed by atoms with Gasteiger partial charge >= 0.3 is 0 Å². The van der Waals surface area contributed by atoms with Crippen LogP contribution in [0.15, 0.2) is 47.4 Å². The van der Waals surface area contributed by atoms with Gasteiger partial charge < -0.3 is 4.74 Å². The lowest BCUT2D eigenvalue weighted by molar-refractivity contribution is 0.411. The lowest BCUT2D eigenvalue weighted by atomic mass is 10.1. The molecule has 0 heterocycles. The SMILES string of the molecule is COc1cc(C)c(S(=O)(=O)N(c2ccccc2)C(C)C)cc1C. The van der Waals surface area contributed by atoms with Gasteiger partial charge in [0, 0.05) is 6.04 Å². The Kier molecular flexibility index (Phi) is 5.00. The second-order valence-electron chi connectivity index (χ2n) is 5.82. The van der Waals surface area contributed by atoms with E-state index in [-0.39, 0.29) is 6.04 Å². The molecule has 0 aliphatic rings. The summed E-state index contributed by atoms with van der Waals surface area (Å²) in [6.07, 6.45) is 0. The normalized spacial score (nSPS) is 11.6. The molecule has 0 bridgehead atoms. The van der Waals surface area contributed by atoms with Crippen molar-refractivity contribution in [3.63, 3.8) is 0 Å². The Hall–Kier alpha value is -2.01. The summed E-state index contributed by atoms with van der Waals surface area (Å²) in [7, 11) is -2.07. The number of hydrogen-bond donors (Lipinski definition) is 0. The van der Waals surface area contributed by atoms with E-state index in [1.807, 2.05) is 51.1 Å². The number of benzene rings is 2. The van der Waals surface area contributed by atoms with Gasteiger partial charge in [-0.05, 0) is 63.1 Å². The molecule has 2 aromatic rings. The van der Waals surface area contributed by atoms with Gasteiger partial charge in [-0.15, -0.1) is 0 Å². The van der Waals surface area contributed by atoms with Gasteiger partial charge in [-0.25, -0.2) is 8.42 Å². The Balaban J connectivity index is 2.62. The molecule has 0 N–H and O–H groups in total. The largest absolute Gasteiger partial charge is 0.496 e. The van der Waals surface area contributed by atoms with E-state index < -0.39 is 10.0 Å². The van der Waals surface area contributed by atoms with Gasteiger partial charge in [0.05, 0.1) is 17.7 Å². The van der Waals surface area contributed by atoms with Crippen molar-refractivity contribution in [3.8, 4) is 5.75 Å². The zero-order chi connectivity index (χ0) is 17.2. The van der Waals surface area contributed by atoms with Gasteiger partial charge in [0.15, 0.2) is 0 Å². The molecule has 0 aliphatic carbocycles. The van der Waals surface area contributed by atoms with Gasteiger partial charge in [0.25, 0.3) is 10.0 Å². The van der Waals surface area contributed by atoms with E-state index in [0.717, 1.165) is 5.56 Å². The molecule has 0 saturated heterocycles. The summed E-state index contributed by atoms with van der Waals surface area (Å²) in [6.45, 7) is 7.38. The lowest BCUT2D eigenvalue weighted by Gasteiger charge is -2.29. The summed E-state index contributed by atoms with van der Waals surface area (Å²) in [6, 6.07) is 12.4. The standard InChI is InChI=1S/C18H23NO3S/c1-13(2)19(16-9-7-6-8-10-16)23(20,21)18-12-14(3)17(22-5)11-15(18)4/h6-13H,1-5H3. The maximum Gasteiger partial charge on any atom is 0.264 e. The summed E-state index contributed by atoms with van der Waals surface area (Å²) in [5, 5.41) is 0. The van der Waals surface area contributed by atoms with Crippen molar-refractivity contribution in [2.45, 2.75) is 38.6 Å². The second-order valence-corrected chi connectivity index (χ2v) is 7.60. The van der Waals surface area contributed by atoms with Crippen molar-refractivity contribution in [1.82, 2.24) is 0 Å². The summed E-state index contributed by atoms with van der Waals surface area (Å²) < 4.78 is 33.2. The fourth-order valence-electron chi connectivity index (χ4n) is 2.66. The Morgan fingerprint density at radius 2 is 1.61 bits per heavy atom. The minimum absolute atomic E-state index is 0.191. The molecule has 0 radical (unpaired) electrons.